The van der Waals surface area contributed by atoms with Gasteiger partial charge < -0.3 is 20.2 Å². The summed E-state index contributed by atoms with van der Waals surface area (Å²) in [4.78, 5) is 26.0. The van der Waals surface area contributed by atoms with Crippen molar-refractivity contribution in [2.24, 2.45) is 0 Å². The Morgan fingerprint density at radius 3 is 2.27 bits per heavy atom. The van der Waals surface area contributed by atoms with Crippen LogP contribution in [0.5, 0.6) is 0 Å². The molecule has 3 aromatic rings. The largest absolute Gasteiger partial charge is 0.481 e. The van der Waals surface area contributed by atoms with Crippen LogP contribution in [0.25, 0.3) is 5.69 Å². The number of carboxylic acids is 1. The number of carbonyl (C=O) groups is 2. The molecule has 8 nitrogen and oxygen atoms in total. The number of amides is 1. The minimum Gasteiger partial charge on any atom is -0.481 e. The van der Waals surface area contributed by atoms with Crippen molar-refractivity contribution in [3.8, 4) is 5.69 Å². The monoisotopic (exact) mass is 511 g/mol. The van der Waals surface area contributed by atoms with Crippen molar-refractivity contribution < 1.29 is 29.3 Å². The molecule has 3 rings (SSSR count). The van der Waals surface area contributed by atoms with E-state index in [-0.39, 0.29) is 30.4 Å². The molecule has 0 radical (unpaired) electrons. The van der Waals surface area contributed by atoms with Gasteiger partial charge in [0.15, 0.2) is 5.69 Å². The first-order valence-corrected chi connectivity index (χ1v) is 12.3. The summed E-state index contributed by atoms with van der Waals surface area (Å²) in [6, 6.07) is 15.4. The van der Waals surface area contributed by atoms with Gasteiger partial charge in [0.2, 0.25) is 0 Å². The summed E-state index contributed by atoms with van der Waals surface area (Å²) in [7, 11) is 1.71. The summed E-state index contributed by atoms with van der Waals surface area (Å²) in [5.41, 5.74) is 3.26. The lowest BCUT2D eigenvalue weighted by atomic mass is 9.95. The van der Waals surface area contributed by atoms with Gasteiger partial charge in [0.1, 0.15) is 5.82 Å². The van der Waals surface area contributed by atoms with Crippen molar-refractivity contribution in [1.82, 2.24) is 14.7 Å². The fraction of sp³-hybridized carbons (Fsp3) is 0.393. The third-order valence-corrected chi connectivity index (χ3v) is 6.15. The van der Waals surface area contributed by atoms with Crippen LogP contribution in [-0.2, 0) is 17.8 Å². The fourth-order valence-corrected chi connectivity index (χ4v) is 4.40. The molecule has 0 aliphatic heterocycles. The number of hydrogen-bond donors (Lipinski definition) is 3. The predicted molar refractivity (Wildman–Crippen MR) is 137 cm³/mol. The molecule has 2 aromatic carbocycles. The molecule has 3 N–H and O–H groups in total. The number of carboxylic acid groups (broad SMARTS) is 1. The number of nitrogens with zero attached hydrogens (tertiary/aromatic N) is 3. The molecule has 0 spiro atoms. The molecular weight excluding hydrogens is 477 g/mol. The van der Waals surface area contributed by atoms with E-state index in [1.807, 2.05) is 44.2 Å². The normalized spacial score (nSPS) is 12.9. The zero-order chi connectivity index (χ0) is 27.1. The van der Waals surface area contributed by atoms with Crippen molar-refractivity contribution in [2.45, 2.75) is 64.2 Å². The average molecular weight is 512 g/mol. The van der Waals surface area contributed by atoms with Gasteiger partial charge in [-0.1, -0.05) is 44.2 Å². The predicted octanol–water partition coefficient (Wildman–Crippen LogP) is 3.93. The third kappa shape index (κ3) is 7.47. The number of hydrogen-bond acceptors (Lipinski definition) is 5. The SMILES string of the molecule is CC(C)c1c(C(=O)N(C)Cc2ccccc2)nn(-c2ccc(F)cc2)c1CC[C@@H](O)C[C@@H](O)CC(=O)O. The maximum atomic E-state index is 13.6. The molecule has 1 aromatic heterocycles. The minimum atomic E-state index is -1.16. The topological polar surface area (TPSA) is 116 Å². The maximum absolute atomic E-state index is 13.6. The van der Waals surface area contributed by atoms with E-state index in [4.69, 9.17) is 5.11 Å². The van der Waals surface area contributed by atoms with E-state index in [2.05, 4.69) is 5.10 Å². The lowest BCUT2D eigenvalue weighted by molar-refractivity contribution is -0.139. The molecule has 0 saturated heterocycles. The van der Waals surface area contributed by atoms with Gasteiger partial charge in [-0.3, -0.25) is 9.59 Å². The lowest BCUT2D eigenvalue weighted by Gasteiger charge is -2.18. The number of halogens is 1. The summed E-state index contributed by atoms with van der Waals surface area (Å²) in [5.74, 6) is -1.88. The maximum Gasteiger partial charge on any atom is 0.305 e. The molecule has 1 heterocycles. The Balaban J connectivity index is 1.95. The van der Waals surface area contributed by atoms with E-state index >= 15 is 0 Å². The highest BCUT2D eigenvalue weighted by Crippen LogP contribution is 2.29. The standard InChI is InChI=1S/C28H34FN3O5/c1-18(2)26-24(14-13-22(33)15-23(34)16-25(35)36)32(21-11-9-20(29)10-12-21)30-27(26)28(37)31(3)17-19-7-5-4-6-8-19/h4-12,18,22-23,33-34H,13-17H2,1-3H3,(H,35,36)/t22-,23-/m1/s1. The second-order valence-electron chi connectivity index (χ2n) is 9.58. The Morgan fingerprint density at radius 2 is 1.68 bits per heavy atom. The number of carbonyl (C=O) groups excluding carboxylic acids is 1. The molecule has 1 amide bonds. The molecule has 0 aliphatic carbocycles. The third-order valence-electron chi connectivity index (χ3n) is 6.15. The summed E-state index contributed by atoms with van der Waals surface area (Å²) in [6.45, 7) is 4.31. The molecular formula is C28H34FN3O5. The highest BCUT2D eigenvalue weighted by Gasteiger charge is 2.28. The van der Waals surface area contributed by atoms with Gasteiger partial charge in [-0.05, 0) is 55.0 Å². The molecule has 9 heteroatoms. The Bertz CT molecular complexity index is 1190. The molecule has 0 unspecified atom stereocenters. The summed E-state index contributed by atoms with van der Waals surface area (Å²) >= 11 is 0. The molecule has 37 heavy (non-hydrogen) atoms. The van der Waals surface area contributed by atoms with Gasteiger partial charge in [0, 0.05) is 24.8 Å². The van der Waals surface area contributed by atoms with Crippen LogP contribution in [0.15, 0.2) is 54.6 Å². The zero-order valence-electron chi connectivity index (χ0n) is 21.3. The van der Waals surface area contributed by atoms with Crippen LogP contribution in [-0.4, -0.2) is 61.1 Å². The zero-order valence-corrected chi connectivity index (χ0v) is 21.3. The van der Waals surface area contributed by atoms with Crippen molar-refractivity contribution in [3.05, 3.63) is 82.9 Å². The Kier molecular flexibility index (Phi) is 9.54. The van der Waals surface area contributed by atoms with E-state index in [1.54, 1.807) is 28.8 Å². The van der Waals surface area contributed by atoms with Gasteiger partial charge in [-0.25, -0.2) is 9.07 Å². The summed E-state index contributed by atoms with van der Waals surface area (Å²) < 4.78 is 15.2. The fourth-order valence-electron chi connectivity index (χ4n) is 4.40. The van der Waals surface area contributed by atoms with Crippen LogP contribution < -0.4 is 0 Å². The smallest absolute Gasteiger partial charge is 0.305 e. The van der Waals surface area contributed by atoms with Gasteiger partial charge in [-0.15, -0.1) is 0 Å². The molecule has 0 fully saturated rings. The summed E-state index contributed by atoms with van der Waals surface area (Å²) in [6.07, 6.45) is -2.12. The highest BCUT2D eigenvalue weighted by atomic mass is 19.1. The van der Waals surface area contributed by atoms with Gasteiger partial charge in [0.25, 0.3) is 5.91 Å². The van der Waals surface area contributed by atoms with Gasteiger partial charge in [-0.2, -0.15) is 5.10 Å². The average Bonchev–Trinajstić information content (AvgIpc) is 3.22. The second kappa shape index (κ2) is 12.6. The van der Waals surface area contributed by atoms with Crippen molar-refractivity contribution >= 4 is 11.9 Å². The number of benzene rings is 2. The van der Waals surface area contributed by atoms with E-state index in [0.717, 1.165) is 11.1 Å². The quantitative estimate of drug-likeness (QED) is 0.339. The molecule has 0 saturated carbocycles. The number of aliphatic carboxylic acids is 1. The second-order valence-corrected chi connectivity index (χ2v) is 9.58. The molecule has 0 aliphatic rings. The first-order valence-electron chi connectivity index (χ1n) is 12.3. The van der Waals surface area contributed by atoms with Crippen molar-refractivity contribution in [1.29, 1.82) is 0 Å². The molecule has 198 valence electrons. The molecule has 2 atom stereocenters. The van der Waals surface area contributed by atoms with Crippen LogP contribution >= 0.6 is 0 Å². The van der Waals surface area contributed by atoms with E-state index < -0.39 is 30.4 Å². The number of rotatable bonds is 12. The number of aromatic nitrogens is 2. The van der Waals surface area contributed by atoms with Crippen LogP contribution in [0, 0.1) is 5.82 Å². The van der Waals surface area contributed by atoms with Crippen molar-refractivity contribution in [2.75, 3.05) is 7.05 Å². The Labute approximate surface area is 216 Å². The van der Waals surface area contributed by atoms with Gasteiger partial charge >= 0.3 is 5.97 Å². The number of aliphatic hydroxyl groups excluding tert-OH is 2. The van der Waals surface area contributed by atoms with Crippen LogP contribution in [0.2, 0.25) is 0 Å². The number of aliphatic hydroxyl groups is 2. The van der Waals surface area contributed by atoms with Gasteiger partial charge in [0.05, 0.1) is 24.3 Å². The Morgan fingerprint density at radius 1 is 1.03 bits per heavy atom. The minimum absolute atomic E-state index is 0.0805. The van der Waals surface area contributed by atoms with E-state index in [1.165, 1.54) is 12.1 Å². The van der Waals surface area contributed by atoms with Crippen LogP contribution in [0.4, 0.5) is 4.39 Å². The van der Waals surface area contributed by atoms with Crippen LogP contribution in [0.1, 0.15) is 66.3 Å². The van der Waals surface area contributed by atoms with E-state index in [9.17, 15) is 24.2 Å². The highest BCUT2D eigenvalue weighted by molar-refractivity contribution is 5.94. The first-order chi connectivity index (χ1) is 17.6. The Hall–Kier alpha value is -3.56. The molecule has 0 bridgehead atoms. The summed E-state index contributed by atoms with van der Waals surface area (Å²) in [5, 5.41) is 33.9. The first kappa shape index (κ1) is 28.0. The van der Waals surface area contributed by atoms with E-state index in [0.29, 0.717) is 24.3 Å². The van der Waals surface area contributed by atoms with Crippen molar-refractivity contribution in [3.63, 3.8) is 0 Å². The lowest BCUT2D eigenvalue weighted by Crippen LogP contribution is -2.27. The van der Waals surface area contributed by atoms with Crippen LogP contribution in [0.3, 0.4) is 0 Å².